The molecule has 1 N–H and O–H groups in total. The second kappa shape index (κ2) is 6.56. The number of aliphatic imine (C=N–C) groups is 1. The van der Waals surface area contributed by atoms with Crippen molar-refractivity contribution in [1.29, 1.82) is 0 Å². The van der Waals surface area contributed by atoms with Gasteiger partial charge in [0, 0.05) is 43.4 Å². The molecule has 0 bridgehead atoms. The highest BCUT2D eigenvalue weighted by Crippen LogP contribution is 2.36. The van der Waals surface area contributed by atoms with E-state index in [4.69, 9.17) is 4.74 Å². The van der Waals surface area contributed by atoms with Crippen molar-refractivity contribution in [2.75, 3.05) is 25.6 Å². The molecule has 0 aliphatic carbocycles. The van der Waals surface area contributed by atoms with E-state index in [1.807, 2.05) is 0 Å². The Balaban J connectivity index is 1.94. The molecule has 0 fully saturated rings. The molecular weight excluding hydrogens is 321 g/mol. The average molecular weight is 336 g/mol. The average Bonchev–Trinajstić information content (AvgIpc) is 3.03. The van der Waals surface area contributed by atoms with E-state index in [1.54, 1.807) is 13.3 Å². The summed E-state index contributed by atoms with van der Waals surface area (Å²) in [6.07, 6.45) is 0.193. The third-order valence-electron chi connectivity index (χ3n) is 3.63. The maximum Gasteiger partial charge on any atom is 0.416 e. The van der Waals surface area contributed by atoms with Gasteiger partial charge in [0.25, 0.3) is 0 Å². The highest BCUT2D eigenvalue weighted by atomic mass is 19.4. The molecule has 2 aromatic rings. The van der Waals surface area contributed by atoms with Crippen LogP contribution in [-0.2, 0) is 17.5 Å². The minimum absolute atomic E-state index is 0.254. The number of anilines is 1. The first-order valence-corrected chi connectivity index (χ1v) is 7.28. The number of ether oxygens (including phenoxy) is 1. The molecule has 0 saturated carbocycles. The molecule has 126 valence electrons. The van der Waals surface area contributed by atoms with Crippen molar-refractivity contribution in [2.24, 2.45) is 4.99 Å². The lowest BCUT2D eigenvalue weighted by molar-refractivity contribution is -0.137. The Morgan fingerprint density at radius 3 is 2.62 bits per heavy atom. The third-order valence-corrected chi connectivity index (χ3v) is 3.63. The van der Waals surface area contributed by atoms with Crippen LogP contribution in [-0.4, -0.2) is 36.4 Å². The predicted octanol–water partition coefficient (Wildman–Crippen LogP) is 3.15. The maximum atomic E-state index is 13.1. The highest BCUT2D eigenvalue weighted by molar-refractivity contribution is 5.94. The Bertz CT molecular complexity index is 757. The van der Waals surface area contributed by atoms with Gasteiger partial charge in [-0.3, -0.25) is 4.99 Å². The van der Waals surface area contributed by atoms with Crippen LogP contribution in [0.3, 0.4) is 0 Å². The maximum absolute atomic E-state index is 13.1. The first-order valence-electron chi connectivity index (χ1n) is 7.28. The lowest BCUT2D eigenvalue weighted by Crippen LogP contribution is -2.10. The molecule has 1 aliphatic heterocycles. The topological polar surface area (TPSA) is 59.4 Å². The van der Waals surface area contributed by atoms with Crippen molar-refractivity contribution in [3.8, 4) is 11.1 Å². The molecule has 0 unspecified atom stereocenters. The lowest BCUT2D eigenvalue weighted by atomic mass is 9.95. The van der Waals surface area contributed by atoms with Crippen molar-refractivity contribution in [3.63, 3.8) is 0 Å². The fraction of sp³-hybridized carbons (Fsp3) is 0.312. The van der Waals surface area contributed by atoms with Gasteiger partial charge in [0.15, 0.2) is 0 Å². The minimum Gasteiger partial charge on any atom is -0.383 e. The van der Waals surface area contributed by atoms with Gasteiger partial charge in [-0.25, -0.2) is 9.97 Å². The summed E-state index contributed by atoms with van der Waals surface area (Å²) in [5.41, 5.74) is 1.50. The Morgan fingerprint density at radius 2 is 1.96 bits per heavy atom. The Morgan fingerprint density at radius 1 is 1.21 bits per heavy atom. The summed E-state index contributed by atoms with van der Waals surface area (Å²) in [5, 5.41) is 2.96. The molecule has 1 aromatic heterocycles. The standard InChI is InChI=1S/C16H15F3N4O/c1-24-3-2-21-15-22-7-11(8-23-15)13-5-12(16(17,18)19)4-10-6-20-9-14(10)13/h4-5,7-9H,2-3,6H2,1H3,(H,21,22,23). The Kier molecular flexibility index (Phi) is 4.48. The number of fused-ring (bicyclic) bond motifs is 1. The summed E-state index contributed by atoms with van der Waals surface area (Å²) < 4.78 is 44.2. The number of nitrogens with zero attached hydrogens (tertiary/aromatic N) is 3. The third kappa shape index (κ3) is 3.38. The van der Waals surface area contributed by atoms with Crippen LogP contribution in [0.25, 0.3) is 11.1 Å². The molecule has 0 spiro atoms. The van der Waals surface area contributed by atoms with E-state index in [-0.39, 0.29) is 6.54 Å². The molecule has 0 amide bonds. The number of hydrogen-bond acceptors (Lipinski definition) is 5. The monoisotopic (exact) mass is 336 g/mol. The summed E-state index contributed by atoms with van der Waals surface area (Å²) in [6.45, 7) is 1.30. The normalized spacial score (nSPS) is 13.2. The number of aromatic nitrogens is 2. The van der Waals surface area contributed by atoms with Crippen LogP contribution >= 0.6 is 0 Å². The van der Waals surface area contributed by atoms with E-state index < -0.39 is 11.7 Å². The summed E-state index contributed by atoms with van der Waals surface area (Å²) in [5.74, 6) is 0.396. The minimum atomic E-state index is -4.41. The summed E-state index contributed by atoms with van der Waals surface area (Å²) in [7, 11) is 1.58. The zero-order valence-electron chi connectivity index (χ0n) is 12.9. The molecule has 3 rings (SSSR count). The largest absolute Gasteiger partial charge is 0.416 e. The van der Waals surface area contributed by atoms with Crippen LogP contribution in [0.2, 0.25) is 0 Å². The number of benzene rings is 1. The van der Waals surface area contributed by atoms with E-state index >= 15 is 0 Å². The van der Waals surface area contributed by atoms with Crippen LogP contribution in [0.15, 0.2) is 29.5 Å². The van der Waals surface area contributed by atoms with Gasteiger partial charge in [-0.2, -0.15) is 13.2 Å². The number of rotatable bonds is 5. The van der Waals surface area contributed by atoms with E-state index in [1.165, 1.54) is 12.4 Å². The van der Waals surface area contributed by atoms with E-state index in [0.29, 0.717) is 41.4 Å². The SMILES string of the molecule is COCCNc1ncc(-c2cc(C(F)(F)F)cc3c2C=NC3)cn1. The Labute approximate surface area is 136 Å². The molecule has 1 aliphatic rings. The number of alkyl halides is 3. The molecule has 5 nitrogen and oxygen atoms in total. The van der Waals surface area contributed by atoms with Gasteiger partial charge in [-0.1, -0.05) is 0 Å². The van der Waals surface area contributed by atoms with Crippen molar-refractivity contribution in [1.82, 2.24) is 9.97 Å². The fourth-order valence-electron chi connectivity index (χ4n) is 2.46. The Hall–Kier alpha value is -2.48. The van der Waals surface area contributed by atoms with Gasteiger partial charge in [-0.15, -0.1) is 0 Å². The highest BCUT2D eigenvalue weighted by Gasteiger charge is 2.32. The summed E-state index contributed by atoms with van der Waals surface area (Å²) >= 11 is 0. The molecule has 2 heterocycles. The zero-order chi connectivity index (χ0) is 17.2. The van der Waals surface area contributed by atoms with E-state index in [9.17, 15) is 13.2 Å². The van der Waals surface area contributed by atoms with E-state index in [0.717, 1.165) is 12.1 Å². The van der Waals surface area contributed by atoms with Crippen molar-refractivity contribution >= 4 is 12.2 Å². The molecule has 1 aromatic carbocycles. The molecule has 0 radical (unpaired) electrons. The quantitative estimate of drug-likeness (QED) is 0.852. The molecule has 8 heteroatoms. The molecular formula is C16H15F3N4O. The zero-order valence-corrected chi connectivity index (χ0v) is 12.9. The number of nitrogens with one attached hydrogen (secondary N) is 1. The van der Waals surface area contributed by atoms with Crippen molar-refractivity contribution < 1.29 is 17.9 Å². The second-order valence-corrected chi connectivity index (χ2v) is 5.28. The smallest absolute Gasteiger partial charge is 0.383 e. The molecule has 24 heavy (non-hydrogen) atoms. The first-order chi connectivity index (χ1) is 11.5. The lowest BCUT2D eigenvalue weighted by Gasteiger charge is -2.13. The fourth-order valence-corrected chi connectivity index (χ4v) is 2.46. The number of halogens is 3. The van der Waals surface area contributed by atoms with Gasteiger partial charge in [0.05, 0.1) is 18.7 Å². The van der Waals surface area contributed by atoms with Crippen LogP contribution in [0.5, 0.6) is 0 Å². The van der Waals surface area contributed by atoms with Crippen LogP contribution in [0.1, 0.15) is 16.7 Å². The molecule has 0 atom stereocenters. The first kappa shape index (κ1) is 16.4. The number of hydrogen-bond donors (Lipinski definition) is 1. The van der Waals surface area contributed by atoms with Crippen LogP contribution in [0.4, 0.5) is 19.1 Å². The van der Waals surface area contributed by atoms with Gasteiger partial charge < -0.3 is 10.1 Å². The summed E-state index contributed by atoms with van der Waals surface area (Å²) in [4.78, 5) is 12.4. The van der Waals surface area contributed by atoms with E-state index in [2.05, 4.69) is 20.3 Å². The van der Waals surface area contributed by atoms with Crippen LogP contribution in [0, 0.1) is 0 Å². The van der Waals surface area contributed by atoms with Crippen molar-refractivity contribution in [2.45, 2.75) is 12.7 Å². The van der Waals surface area contributed by atoms with Gasteiger partial charge in [0.2, 0.25) is 5.95 Å². The predicted molar refractivity (Wildman–Crippen MR) is 84.1 cm³/mol. The second-order valence-electron chi connectivity index (χ2n) is 5.28. The van der Waals surface area contributed by atoms with Gasteiger partial charge in [0.1, 0.15) is 0 Å². The number of methoxy groups -OCH3 is 1. The van der Waals surface area contributed by atoms with Gasteiger partial charge >= 0.3 is 6.18 Å². The van der Waals surface area contributed by atoms with Gasteiger partial charge in [-0.05, 0) is 23.3 Å². The molecule has 0 saturated heterocycles. The van der Waals surface area contributed by atoms with Crippen LogP contribution < -0.4 is 5.32 Å². The summed E-state index contributed by atoms with van der Waals surface area (Å²) in [6, 6.07) is 2.26. The van der Waals surface area contributed by atoms with Crippen molar-refractivity contribution in [3.05, 3.63) is 41.2 Å².